The monoisotopic (exact) mass is 181 g/mol. The number of aliphatic hydroxyl groups is 1. The van der Waals surface area contributed by atoms with E-state index in [0.29, 0.717) is 0 Å². The first-order valence-electron chi connectivity index (χ1n) is 4.35. The van der Waals surface area contributed by atoms with Gasteiger partial charge in [-0.05, 0) is 30.7 Å². The summed E-state index contributed by atoms with van der Waals surface area (Å²) in [5.74, 6) is 0.854. The van der Waals surface area contributed by atoms with E-state index in [1.165, 1.54) is 0 Å². The molecular weight excluding hydrogens is 166 g/mol. The molecule has 1 aromatic carbocycles. The highest BCUT2D eigenvalue weighted by molar-refractivity contribution is 5.46. The predicted octanol–water partition coefficient (Wildman–Crippen LogP) is 1.49. The fourth-order valence-corrected chi connectivity index (χ4v) is 1.02. The molecule has 1 aromatic rings. The average Bonchev–Trinajstić information content (AvgIpc) is 2.19. The van der Waals surface area contributed by atoms with Gasteiger partial charge in [-0.3, -0.25) is 0 Å². The summed E-state index contributed by atoms with van der Waals surface area (Å²) in [7, 11) is 1.65. The minimum atomic E-state index is 0.225. The second-order valence-electron chi connectivity index (χ2n) is 2.73. The van der Waals surface area contributed by atoms with Gasteiger partial charge in [-0.1, -0.05) is 0 Å². The third-order valence-corrected chi connectivity index (χ3v) is 1.75. The molecule has 0 bridgehead atoms. The van der Waals surface area contributed by atoms with Crippen LogP contribution in [0.25, 0.3) is 0 Å². The van der Waals surface area contributed by atoms with Gasteiger partial charge >= 0.3 is 0 Å². The van der Waals surface area contributed by atoms with Crippen molar-refractivity contribution >= 4 is 5.69 Å². The van der Waals surface area contributed by atoms with E-state index >= 15 is 0 Å². The van der Waals surface area contributed by atoms with Crippen LogP contribution in [0.4, 0.5) is 5.69 Å². The molecule has 0 heterocycles. The fourth-order valence-electron chi connectivity index (χ4n) is 1.02. The number of ether oxygens (including phenoxy) is 1. The maximum Gasteiger partial charge on any atom is 0.119 e. The Labute approximate surface area is 78.3 Å². The number of aliphatic hydroxyl groups excluding tert-OH is 1. The zero-order chi connectivity index (χ0) is 9.52. The molecule has 1 rings (SSSR count). The Morgan fingerprint density at radius 1 is 1.31 bits per heavy atom. The van der Waals surface area contributed by atoms with Crippen LogP contribution < -0.4 is 10.1 Å². The molecule has 3 nitrogen and oxygen atoms in total. The number of anilines is 1. The Morgan fingerprint density at radius 2 is 2.00 bits per heavy atom. The van der Waals surface area contributed by atoms with Crippen molar-refractivity contribution in [3.8, 4) is 5.75 Å². The minimum absolute atomic E-state index is 0.225. The molecule has 0 spiro atoms. The van der Waals surface area contributed by atoms with Crippen molar-refractivity contribution in [3.63, 3.8) is 0 Å². The molecule has 0 aromatic heterocycles. The molecule has 0 saturated heterocycles. The predicted molar refractivity (Wildman–Crippen MR) is 53.2 cm³/mol. The Hall–Kier alpha value is -1.22. The summed E-state index contributed by atoms with van der Waals surface area (Å²) in [6.45, 7) is 1.02. The van der Waals surface area contributed by atoms with Crippen molar-refractivity contribution in [1.82, 2.24) is 0 Å². The molecule has 0 aliphatic carbocycles. The van der Waals surface area contributed by atoms with Crippen LogP contribution in [0.1, 0.15) is 6.42 Å². The van der Waals surface area contributed by atoms with Crippen molar-refractivity contribution in [1.29, 1.82) is 0 Å². The fraction of sp³-hybridized carbons (Fsp3) is 0.400. The molecule has 0 amide bonds. The molecule has 0 fully saturated rings. The minimum Gasteiger partial charge on any atom is -0.497 e. The Bertz CT molecular complexity index is 233. The first-order valence-corrected chi connectivity index (χ1v) is 4.35. The number of hydrogen-bond donors (Lipinski definition) is 2. The summed E-state index contributed by atoms with van der Waals surface area (Å²) in [6.07, 6.45) is 0.770. The molecule has 3 heteroatoms. The zero-order valence-electron chi connectivity index (χ0n) is 7.79. The van der Waals surface area contributed by atoms with Crippen LogP contribution in [-0.4, -0.2) is 25.4 Å². The number of rotatable bonds is 5. The van der Waals surface area contributed by atoms with Crippen molar-refractivity contribution in [3.05, 3.63) is 24.3 Å². The summed E-state index contributed by atoms with van der Waals surface area (Å²) in [6, 6.07) is 7.72. The average molecular weight is 181 g/mol. The van der Waals surface area contributed by atoms with Gasteiger partial charge in [0.15, 0.2) is 0 Å². The smallest absolute Gasteiger partial charge is 0.119 e. The van der Waals surface area contributed by atoms with Gasteiger partial charge in [0, 0.05) is 18.8 Å². The lowest BCUT2D eigenvalue weighted by Gasteiger charge is -2.05. The maximum absolute atomic E-state index is 8.57. The van der Waals surface area contributed by atoms with Crippen LogP contribution in [0.2, 0.25) is 0 Å². The molecule has 0 saturated carbocycles. The third-order valence-electron chi connectivity index (χ3n) is 1.75. The topological polar surface area (TPSA) is 41.5 Å². The SMILES string of the molecule is COc1ccc(NCCCO)cc1. The number of nitrogens with one attached hydrogen (secondary N) is 1. The molecule has 0 atom stereocenters. The first kappa shape index (κ1) is 9.86. The second kappa shape index (κ2) is 5.43. The van der Waals surface area contributed by atoms with Crippen molar-refractivity contribution in [2.75, 3.05) is 25.6 Å². The largest absolute Gasteiger partial charge is 0.497 e. The van der Waals surface area contributed by atoms with E-state index in [0.717, 1.165) is 24.4 Å². The normalized spacial score (nSPS) is 9.69. The van der Waals surface area contributed by atoms with Gasteiger partial charge in [0.1, 0.15) is 5.75 Å². The van der Waals surface area contributed by atoms with Gasteiger partial charge in [0.25, 0.3) is 0 Å². The second-order valence-corrected chi connectivity index (χ2v) is 2.73. The summed E-state index contributed by atoms with van der Waals surface area (Å²) < 4.78 is 5.03. The molecule has 13 heavy (non-hydrogen) atoms. The number of benzene rings is 1. The highest BCUT2D eigenvalue weighted by atomic mass is 16.5. The Morgan fingerprint density at radius 3 is 2.54 bits per heavy atom. The highest BCUT2D eigenvalue weighted by Gasteiger charge is 1.92. The van der Waals surface area contributed by atoms with Crippen LogP contribution in [-0.2, 0) is 0 Å². The molecule has 0 aliphatic heterocycles. The summed E-state index contributed by atoms with van der Waals surface area (Å²) in [4.78, 5) is 0. The van der Waals surface area contributed by atoms with Gasteiger partial charge in [-0.25, -0.2) is 0 Å². The summed E-state index contributed by atoms with van der Waals surface area (Å²) >= 11 is 0. The van der Waals surface area contributed by atoms with Gasteiger partial charge in [-0.15, -0.1) is 0 Å². The van der Waals surface area contributed by atoms with E-state index < -0.39 is 0 Å². The lowest BCUT2D eigenvalue weighted by atomic mass is 10.3. The van der Waals surface area contributed by atoms with Crippen LogP contribution in [0.15, 0.2) is 24.3 Å². The van der Waals surface area contributed by atoms with E-state index in [9.17, 15) is 0 Å². The van der Waals surface area contributed by atoms with Gasteiger partial charge in [-0.2, -0.15) is 0 Å². The maximum atomic E-state index is 8.57. The van der Waals surface area contributed by atoms with Crippen molar-refractivity contribution in [2.45, 2.75) is 6.42 Å². The lowest BCUT2D eigenvalue weighted by Crippen LogP contribution is -2.02. The number of hydrogen-bond acceptors (Lipinski definition) is 3. The molecule has 72 valence electrons. The summed E-state index contributed by atoms with van der Waals surface area (Å²) in [5.41, 5.74) is 1.05. The third kappa shape index (κ3) is 3.34. The van der Waals surface area contributed by atoms with Crippen LogP contribution >= 0.6 is 0 Å². The van der Waals surface area contributed by atoms with Gasteiger partial charge < -0.3 is 15.2 Å². The van der Waals surface area contributed by atoms with Crippen LogP contribution in [0.5, 0.6) is 5.75 Å². The Balaban J connectivity index is 2.40. The molecule has 0 unspecified atom stereocenters. The molecule has 2 N–H and O–H groups in total. The highest BCUT2D eigenvalue weighted by Crippen LogP contribution is 2.14. The Kier molecular flexibility index (Phi) is 4.12. The summed E-state index contributed by atoms with van der Waals surface area (Å²) in [5, 5.41) is 11.7. The van der Waals surface area contributed by atoms with Crippen molar-refractivity contribution < 1.29 is 9.84 Å². The lowest BCUT2D eigenvalue weighted by molar-refractivity contribution is 0.292. The molecule has 0 aliphatic rings. The standard InChI is InChI=1S/C10H15NO2/c1-13-10-5-3-9(4-6-10)11-7-2-8-12/h3-6,11-12H,2,7-8H2,1H3. The number of methoxy groups -OCH3 is 1. The van der Waals surface area contributed by atoms with E-state index in [2.05, 4.69) is 5.32 Å². The van der Waals surface area contributed by atoms with E-state index in [1.54, 1.807) is 7.11 Å². The van der Waals surface area contributed by atoms with Gasteiger partial charge in [0.2, 0.25) is 0 Å². The van der Waals surface area contributed by atoms with Crippen LogP contribution in [0, 0.1) is 0 Å². The van der Waals surface area contributed by atoms with E-state index in [-0.39, 0.29) is 6.61 Å². The van der Waals surface area contributed by atoms with Crippen LogP contribution in [0.3, 0.4) is 0 Å². The quantitative estimate of drug-likeness (QED) is 0.676. The van der Waals surface area contributed by atoms with E-state index in [1.807, 2.05) is 24.3 Å². The van der Waals surface area contributed by atoms with E-state index in [4.69, 9.17) is 9.84 Å². The molecular formula is C10H15NO2. The molecule has 0 radical (unpaired) electrons. The first-order chi connectivity index (χ1) is 6.36. The van der Waals surface area contributed by atoms with Gasteiger partial charge in [0.05, 0.1) is 7.11 Å². The van der Waals surface area contributed by atoms with Crippen molar-refractivity contribution in [2.24, 2.45) is 0 Å². The zero-order valence-corrected chi connectivity index (χ0v) is 7.79.